The Bertz CT molecular complexity index is 429. The molecule has 5 heteroatoms. The van der Waals surface area contributed by atoms with Gasteiger partial charge in [0.2, 0.25) is 0 Å². The van der Waals surface area contributed by atoms with E-state index in [0.717, 1.165) is 0 Å². The molecule has 0 radical (unpaired) electrons. The Labute approximate surface area is 99.2 Å². The number of aliphatic carboxylic acids is 1. The molecule has 1 unspecified atom stereocenters. The molecular formula is C12H15FN2O2. The van der Waals surface area contributed by atoms with Gasteiger partial charge in [0.05, 0.1) is 6.17 Å². The Morgan fingerprint density at radius 1 is 1.35 bits per heavy atom. The van der Waals surface area contributed by atoms with Crippen molar-refractivity contribution in [2.75, 3.05) is 14.1 Å². The molecule has 1 atom stereocenters. The smallest absolute Gasteiger partial charge is 0.337 e. The van der Waals surface area contributed by atoms with Crippen LogP contribution in [0.4, 0.5) is 4.39 Å². The van der Waals surface area contributed by atoms with E-state index in [9.17, 15) is 9.18 Å². The molecule has 92 valence electrons. The molecule has 0 amide bonds. The van der Waals surface area contributed by atoms with Crippen LogP contribution in [-0.2, 0) is 4.79 Å². The number of halogens is 1. The van der Waals surface area contributed by atoms with E-state index in [2.05, 4.69) is 0 Å². The highest BCUT2D eigenvalue weighted by Gasteiger charge is 2.24. The first-order valence-electron chi connectivity index (χ1n) is 5.05. The molecule has 0 aliphatic carbocycles. The molecule has 1 aromatic carbocycles. The molecule has 17 heavy (non-hydrogen) atoms. The van der Waals surface area contributed by atoms with Gasteiger partial charge >= 0.3 is 5.97 Å². The SMILES string of the molecule is CN(C)C(N)C(C(=O)O)=C(F)c1ccccc1. The summed E-state index contributed by atoms with van der Waals surface area (Å²) in [6.45, 7) is 0. The summed E-state index contributed by atoms with van der Waals surface area (Å²) < 4.78 is 14.1. The first kappa shape index (κ1) is 13.3. The largest absolute Gasteiger partial charge is 0.478 e. The Kier molecular flexibility index (Phi) is 4.37. The molecule has 4 nitrogen and oxygen atoms in total. The minimum absolute atomic E-state index is 0.210. The van der Waals surface area contributed by atoms with Gasteiger partial charge in [0.15, 0.2) is 0 Å². The molecule has 0 fully saturated rings. The van der Waals surface area contributed by atoms with E-state index in [4.69, 9.17) is 10.8 Å². The first-order valence-corrected chi connectivity index (χ1v) is 5.05. The van der Waals surface area contributed by atoms with E-state index in [1.165, 1.54) is 17.0 Å². The van der Waals surface area contributed by atoms with Crippen molar-refractivity contribution in [1.29, 1.82) is 0 Å². The van der Waals surface area contributed by atoms with Crippen LogP contribution in [0.25, 0.3) is 5.83 Å². The van der Waals surface area contributed by atoms with Crippen LogP contribution in [0.5, 0.6) is 0 Å². The predicted octanol–water partition coefficient (Wildman–Crippen LogP) is 1.30. The molecular weight excluding hydrogens is 223 g/mol. The maximum atomic E-state index is 14.1. The lowest BCUT2D eigenvalue weighted by Gasteiger charge is -2.20. The van der Waals surface area contributed by atoms with E-state index < -0.39 is 23.5 Å². The topological polar surface area (TPSA) is 66.6 Å². The Hall–Kier alpha value is -1.72. The summed E-state index contributed by atoms with van der Waals surface area (Å²) in [6.07, 6.45) is -0.993. The number of benzene rings is 1. The monoisotopic (exact) mass is 238 g/mol. The lowest BCUT2D eigenvalue weighted by Crippen LogP contribution is -2.40. The number of rotatable bonds is 4. The van der Waals surface area contributed by atoms with Crippen LogP contribution in [0.1, 0.15) is 5.56 Å². The van der Waals surface area contributed by atoms with E-state index in [1.54, 1.807) is 32.3 Å². The van der Waals surface area contributed by atoms with E-state index in [-0.39, 0.29) is 5.56 Å². The molecule has 0 spiro atoms. The van der Waals surface area contributed by atoms with Crippen LogP contribution in [0.3, 0.4) is 0 Å². The van der Waals surface area contributed by atoms with Crippen molar-refractivity contribution in [3.05, 3.63) is 41.5 Å². The zero-order valence-electron chi connectivity index (χ0n) is 9.72. The van der Waals surface area contributed by atoms with Crippen molar-refractivity contribution in [2.24, 2.45) is 5.73 Å². The Morgan fingerprint density at radius 2 is 1.88 bits per heavy atom. The number of carbonyl (C=O) groups is 1. The molecule has 3 N–H and O–H groups in total. The first-order chi connectivity index (χ1) is 7.95. The van der Waals surface area contributed by atoms with Crippen LogP contribution in [0.2, 0.25) is 0 Å². The third-order valence-corrected chi connectivity index (χ3v) is 2.35. The Balaban J connectivity index is 3.25. The van der Waals surface area contributed by atoms with Crippen molar-refractivity contribution < 1.29 is 14.3 Å². The number of carboxylic acid groups (broad SMARTS) is 1. The maximum Gasteiger partial charge on any atom is 0.337 e. The van der Waals surface area contributed by atoms with E-state index in [1.807, 2.05) is 0 Å². The van der Waals surface area contributed by atoms with Gasteiger partial charge in [-0.05, 0) is 14.1 Å². The summed E-state index contributed by atoms with van der Waals surface area (Å²) >= 11 is 0. The fourth-order valence-corrected chi connectivity index (χ4v) is 1.35. The minimum Gasteiger partial charge on any atom is -0.478 e. The minimum atomic E-state index is -1.35. The normalized spacial score (nSPS) is 14.4. The second-order valence-corrected chi connectivity index (χ2v) is 3.81. The number of nitrogens with two attached hydrogens (primary N) is 1. The van der Waals surface area contributed by atoms with E-state index >= 15 is 0 Å². The van der Waals surface area contributed by atoms with E-state index in [0.29, 0.717) is 0 Å². The van der Waals surface area contributed by atoms with Gasteiger partial charge in [0.1, 0.15) is 11.4 Å². The summed E-state index contributed by atoms with van der Waals surface area (Å²) in [5.74, 6) is -2.16. The quantitative estimate of drug-likeness (QED) is 0.613. The number of nitrogens with zero attached hydrogens (tertiary/aromatic N) is 1. The van der Waals surface area contributed by atoms with Gasteiger partial charge in [0.25, 0.3) is 0 Å². The molecule has 0 heterocycles. The maximum absolute atomic E-state index is 14.1. The molecule has 0 saturated heterocycles. The van der Waals surface area contributed by atoms with Crippen molar-refractivity contribution in [3.8, 4) is 0 Å². The number of carboxylic acids is 1. The number of hydrogen-bond acceptors (Lipinski definition) is 3. The van der Waals surface area contributed by atoms with Gasteiger partial charge in [-0.25, -0.2) is 9.18 Å². The molecule has 0 bridgehead atoms. The van der Waals surface area contributed by atoms with Crippen LogP contribution in [0, 0.1) is 0 Å². The van der Waals surface area contributed by atoms with Crippen molar-refractivity contribution in [1.82, 2.24) is 4.90 Å². The summed E-state index contributed by atoms with van der Waals surface area (Å²) in [6, 6.07) is 8.00. The van der Waals surface area contributed by atoms with Crippen LogP contribution < -0.4 is 5.73 Å². The molecule has 1 rings (SSSR count). The van der Waals surface area contributed by atoms with Crippen LogP contribution >= 0.6 is 0 Å². The Morgan fingerprint density at radius 3 is 2.29 bits per heavy atom. The van der Waals surface area contributed by atoms with Crippen LogP contribution in [-0.4, -0.2) is 36.2 Å². The fourth-order valence-electron chi connectivity index (χ4n) is 1.35. The van der Waals surface area contributed by atoms with Crippen molar-refractivity contribution >= 4 is 11.8 Å². The van der Waals surface area contributed by atoms with Gasteiger partial charge < -0.3 is 10.8 Å². The third kappa shape index (κ3) is 3.12. The zero-order valence-corrected chi connectivity index (χ0v) is 9.72. The highest BCUT2D eigenvalue weighted by molar-refractivity contribution is 5.95. The molecule has 1 aromatic rings. The van der Waals surface area contributed by atoms with Gasteiger partial charge in [-0.15, -0.1) is 0 Å². The molecule has 0 saturated carbocycles. The number of likely N-dealkylation sites (N-methyl/N-ethyl adjacent to an activating group) is 1. The average molecular weight is 238 g/mol. The second kappa shape index (κ2) is 5.56. The number of hydrogen-bond donors (Lipinski definition) is 2. The average Bonchev–Trinajstić information content (AvgIpc) is 2.29. The summed E-state index contributed by atoms with van der Waals surface area (Å²) in [5, 5.41) is 9.02. The second-order valence-electron chi connectivity index (χ2n) is 3.81. The van der Waals surface area contributed by atoms with Crippen molar-refractivity contribution in [3.63, 3.8) is 0 Å². The van der Waals surface area contributed by atoms with Crippen LogP contribution in [0.15, 0.2) is 35.9 Å². The van der Waals surface area contributed by atoms with Gasteiger partial charge in [-0.3, -0.25) is 4.90 Å². The molecule has 0 aromatic heterocycles. The van der Waals surface area contributed by atoms with Crippen molar-refractivity contribution in [2.45, 2.75) is 6.17 Å². The summed E-state index contributed by atoms with van der Waals surface area (Å²) in [4.78, 5) is 12.5. The van der Waals surface area contributed by atoms with Gasteiger partial charge in [-0.1, -0.05) is 30.3 Å². The fraction of sp³-hybridized carbons (Fsp3) is 0.250. The third-order valence-electron chi connectivity index (χ3n) is 2.35. The standard InChI is InChI=1S/C12H15FN2O2/c1-15(2)11(14)9(12(16)17)10(13)8-6-4-3-5-7-8/h3-7,11H,14H2,1-2H3,(H,16,17). The highest BCUT2D eigenvalue weighted by Crippen LogP contribution is 2.22. The van der Waals surface area contributed by atoms with Gasteiger partial charge in [-0.2, -0.15) is 0 Å². The predicted molar refractivity (Wildman–Crippen MR) is 63.8 cm³/mol. The lowest BCUT2D eigenvalue weighted by molar-refractivity contribution is -0.133. The zero-order chi connectivity index (χ0) is 13.0. The lowest BCUT2D eigenvalue weighted by atomic mass is 10.1. The molecule has 0 aliphatic heterocycles. The van der Waals surface area contributed by atoms with Gasteiger partial charge in [0, 0.05) is 5.56 Å². The molecule has 0 aliphatic rings. The summed E-state index contributed by atoms with van der Waals surface area (Å²) in [5.41, 5.74) is 5.41. The highest BCUT2D eigenvalue weighted by atomic mass is 19.1. The summed E-state index contributed by atoms with van der Waals surface area (Å²) in [7, 11) is 3.18.